The standard InChI is InChI=1S/C23H30FN5O2/c24-16-9-7-15(8-10-16)21-19-5-1-2-6-20(19)29(22(21)23(28)30)12-18(27)14-31-13-17(26)4-3-11-25/h1-2,5-10,17-18H,3-4,11-14,25-27H2,(H2,28,30)/t17-,18+/m0/s1. The summed E-state index contributed by atoms with van der Waals surface area (Å²) in [6.45, 7) is 1.61. The number of carbonyl (C=O) groups is 1. The summed E-state index contributed by atoms with van der Waals surface area (Å²) in [7, 11) is 0. The number of carbonyl (C=O) groups excluding carboxylic acids is 1. The maximum atomic E-state index is 13.5. The summed E-state index contributed by atoms with van der Waals surface area (Å²) in [5.74, 6) is -0.926. The van der Waals surface area contributed by atoms with Gasteiger partial charge in [-0.25, -0.2) is 4.39 Å². The Hall–Kier alpha value is -2.78. The van der Waals surface area contributed by atoms with Gasteiger partial charge in [0.15, 0.2) is 0 Å². The van der Waals surface area contributed by atoms with Crippen molar-refractivity contribution in [1.82, 2.24) is 4.57 Å². The normalized spacial score (nSPS) is 13.4. The first-order valence-electron chi connectivity index (χ1n) is 10.4. The number of primary amides is 1. The molecule has 3 rings (SSSR count). The van der Waals surface area contributed by atoms with E-state index in [-0.39, 0.29) is 24.5 Å². The van der Waals surface area contributed by atoms with E-state index in [9.17, 15) is 9.18 Å². The summed E-state index contributed by atoms with van der Waals surface area (Å²) in [6.07, 6.45) is 1.64. The van der Waals surface area contributed by atoms with Crippen molar-refractivity contribution in [2.45, 2.75) is 31.5 Å². The highest BCUT2D eigenvalue weighted by Crippen LogP contribution is 2.35. The molecule has 1 aromatic heterocycles. The smallest absolute Gasteiger partial charge is 0.266 e. The predicted molar refractivity (Wildman–Crippen MR) is 121 cm³/mol. The van der Waals surface area contributed by atoms with E-state index in [2.05, 4.69) is 0 Å². The minimum atomic E-state index is -0.576. The lowest BCUT2D eigenvalue weighted by atomic mass is 10.0. The largest absolute Gasteiger partial charge is 0.378 e. The average molecular weight is 428 g/mol. The van der Waals surface area contributed by atoms with Gasteiger partial charge in [0, 0.05) is 35.1 Å². The summed E-state index contributed by atoms with van der Waals surface area (Å²) in [6, 6.07) is 13.1. The van der Waals surface area contributed by atoms with Crippen LogP contribution in [0.1, 0.15) is 23.3 Å². The van der Waals surface area contributed by atoms with Crippen molar-refractivity contribution in [3.05, 3.63) is 60.0 Å². The van der Waals surface area contributed by atoms with Crippen molar-refractivity contribution in [1.29, 1.82) is 0 Å². The van der Waals surface area contributed by atoms with Crippen molar-refractivity contribution in [2.75, 3.05) is 19.8 Å². The van der Waals surface area contributed by atoms with Crippen LogP contribution in [0.15, 0.2) is 48.5 Å². The number of hydrogen-bond donors (Lipinski definition) is 4. The van der Waals surface area contributed by atoms with Crippen LogP contribution in [-0.2, 0) is 11.3 Å². The molecule has 1 heterocycles. The van der Waals surface area contributed by atoms with Gasteiger partial charge in [-0.1, -0.05) is 30.3 Å². The van der Waals surface area contributed by atoms with Crippen LogP contribution in [0.4, 0.5) is 4.39 Å². The van der Waals surface area contributed by atoms with Crippen molar-refractivity contribution < 1.29 is 13.9 Å². The third kappa shape index (κ3) is 5.48. The SMILES string of the molecule is NCCC[C@H](N)COC[C@H](N)Cn1c(C(N)=O)c(-c2ccc(F)cc2)c2ccccc21. The van der Waals surface area contributed by atoms with Crippen molar-refractivity contribution >= 4 is 16.8 Å². The number of amides is 1. The fraction of sp³-hybridized carbons (Fsp3) is 0.348. The third-order valence-corrected chi connectivity index (χ3v) is 5.20. The number of nitrogens with two attached hydrogens (primary N) is 4. The molecule has 8 N–H and O–H groups in total. The number of ether oxygens (including phenoxy) is 1. The highest BCUT2D eigenvalue weighted by atomic mass is 19.1. The van der Waals surface area contributed by atoms with Crippen LogP contribution in [0.25, 0.3) is 22.0 Å². The summed E-state index contributed by atoms with van der Waals surface area (Å²) in [5, 5.41) is 0.847. The van der Waals surface area contributed by atoms with E-state index >= 15 is 0 Å². The van der Waals surface area contributed by atoms with E-state index in [0.717, 1.165) is 23.7 Å². The monoisotopic (exact) mass is 427 g/mol. The molecule has 166 valence electrons. The zero-order valence-corrected chi connectivity index (χ0v) is 17.5. The van der Waals surface area contributed by atoms with E-state index in [0.29, 0.717) is 36.5 Å². The fourth-order valence-corrected chi connectivity index (χ4v) is 3.78. The van der Waals surface area contributed by atoms with Gasteiger partial charge in [0.1, 0.15) is 11.5 Å². The lowest BCUT2D eigenvalue weighted by Crippen LogP contribution is -2.35. The van der Waals surface area contributed by atoms with Gasteiger partial charge in [-0.2, -0.15) is 0 Å². The van der Waals surface area contributed by atoms with Gasteiger partial charge < -0.3 is 32.2 Å². The minimum Gasteiger partial charge on any atom is -0.378 e. The van der Waals surface area contributed by atoms with E-state index in [1.54, 1.807) is 12.1 Å². The zero-order chi connectivity index (χ0) is 22.4. The van der Waals surface area contributed by atoms with Crippen LogP contribution in [0, 0.1) is 5.82 Å². The van der Waals surface area contributed by atoms with E-state index in [1.165, 1.54) is 12.1 Å². The second kappa shape index (κ2) is 10.5. The number of nitrogens with zero attached hydrogens (tertiary/aromatic N) is 1. The Balaban J connectivity index is 1.87. The first-order valence-corrected chi connectivity index (χ1v) is 10.4. The Morgan fingerprint density at radius 2 is 1.71 bits per heavy atom. The average Bonchev–Trinajstić information content (AvgIpc) is 3.07. The highest BCUT2D eigenvalue weighted by Gasteiger charge is 2.23. The first-order chi connectivity index (χ1) is 14.9. The maximum absolute atomic E-state index is 13.5. The number of halogens is 1. The van der Waals surface area contributed by atoms with Gasteiger partial charge in [0.2, 0.25) is 0 Å². The number of hydrogen-bond acceptors (Lipinski definition) is 5. The molecule has 3 aromatic rings. The van der Waals surface area contributed by atoms with Crippen LogP contribution in [0.3, 0.4) is 0 Å². The Bertz CT molecular complexity index is 1020. The van der Waals surface area contributed by atoms with Gasteiger partial charge in [0.05, 0.1) is 13.2 Å². The molecule has 1 amide bonds. The predicted octanol–water partition coefficient (Wildman–Crippen LogP) is 1.96. The van der Waals surface area contributed by atoms with E-state index in [1.807, 2.05) is 28.8 Å². The molecule has 2 atom stereocenters. The van der Waals surface area contributed by atoms with Crippen molar-refractivity contribution in [2.24, 2.45) is 22.9 Å². The van der Waals surface area contributed by atoms with Crippen LogP contribution in [0.5, 0.6) is 0 Å². The van der Waals surface area contributed by atoms with Crippen LogP contribution in [-0.4, -0.2) is 42.3 Å². The molecule has 31 heavy (non-hydrogen) atoms. The summed E-state index contributed by atoms with van der Waals surface area (Å²) in [4.78, 5) is 12.5. The molecular formula is C23H30FN5O2. The van der Waals surface area contributed by atoms with Gasteiger partial charge in [0.25, 0.3) is 5.91 Å². The van der Waals surface area contributed by atoms with E-state index < -0.39 is 5.91 Å². The molecule has 0 unspecified atom stereocenters. The Morgan fingerprint density at radius 1 is 1.03 bits per heavy atom. The Morgan fingerprint density at radius 3 is 2.39 bits per heavy atom. The lowest BCUT2D eigenvalue weighted by molar-refractivity contribution is 0.0974. The molecule has 0 aliphatic heterocycles. The number of benzene rings is 2. The summed E-state index contributed by atoms with van der Waals surface area (Å²) < 4.78 is 21.0. The molecule has 0 aliphatic carbocycles. The Kier molecular flexibility index (Phi) is 7.75. The molecule has 0 radical (unpaired) electrons. The zero-order valence-electron chi connectivity index (χ0n) is 17.5. The second-order valence-electron chi connectivity index (χ2n) is 7.71. The topological polar surface area (TPSA) is 135 Å². The van der Waals surface area contributed by atoms with Gasteiger partial charge in [-0.05, 0) is 43.1 Å². The van der Waals surface area contributed by atoms with Gasteiger partial charge >= 0.3 is 0 Å². The van der Waals surface area contributed by atoms with Crippen LogP contribution in [0.2, 0.25) is 0 Å². The first kappa shape index (κ1) is 22.9. The molecule has 0 fully saturated rings. The minimum absolute atomic E-state index is 0.0885. The number of fused-ring (bicyclic) bond motifs is 1. The van der Waals surface area contributed by atoms with Crippen molar-refractivity contribution in [3.8, 4) is 11.1 Å². The molecule has 0 spiro atoms. The summed E-state index contributed by atoms with van der Waals surface area (Å²) >= 11 is 0. The molecule has 8 heteroatoms. The molecule has 0 saturated carbocycles. The Labute approximate surface area is 181 Å². The van der Waals surface area contributed by atoms with Crippen molar-refractivity contribution in [3.63, 3.8) is 0 Å². The number of para-hydroxylation sites is 1. The molecule has 2 aromatic carbocycles. The van der Waals surface area contributed by atoms with Gasteiger partial charge in [-0.15, -0.1) is 0 Å². The molecule has 0 bridgehead atoms. The van der Waals surface area contributed by atoms with Gasteiger partial charge in [-0.3, -0.25) is 4.79 Å². The second-order valence-corrected chi connectivity index (χ2v) is 7.71. The quantitative estimate of drug-likeness (QED) is 0.371. The van der Waals surface area contributed by atoms with E-state index in [4.69, 9.17) is 27.7 Å². The molecule has 0 aliphatic rings. The third-order valence-electron chi connectivity index (χ3n) is 5.20. The highest BCUT2D eigenvalue weighted by molar-refractivity contribution is 6.09. The molecular weight excluding hydrogens is 397 g/mol. The molecule has 0 saturated heterocycles. The maximum Gasteiger partial charge on any atom is 0.266 e. The van der Waals surface area contributed by atoms with Crippen LogP contribution < -0.4 is 22.9 Å². The molecule has 7 nitrogen and oxygen atoms in total. The lowest BCUT2D eigenvalue weighted by Gasteiger charge is -2.18. The van der Waals surface area contributed by atoms with Crippen LogP contribution >= 0.6 is 0 Å². The number of rotatable bonds is 11. The summed E-state index contributed by atoms with van der Waals surface area (Å²) in [5.41, 5.74) is 26.1. The fourth-order valence-electron chi connectivity index (χ4n) is 3.78. The number of aromatic nitrogens is 1.